The summed E-state index contributed by atoms with van der Waals surface area (Å²) in [6.07, 6.45) is 0. The highest BCUT2D eigenvalue weighted by Gasteiger charge is 2.46. The molecule has 12 rings (SSSR count). The molecular formula is C61H41N. The molecule has 0 spiro atoms. The molecule has 0 unspecified atom stereocenters. The molecule has 11 aromatic rings. The number of hydrogen-bond donors (Lipinski definition) is 0. The minimum Gasteiger partial charge on any atom is -0.310 e. The number of anilines is 3. The van der Waals surface area contributed by atoms with Gasteiger partial charge in [0.1, 0.15) is 0 Å². The van der Waals surface area contributed by atoms with Gasteiger partial charge in [0.15, 0.2) is 0 Å². The summed E-state index contributed by atoms with van der Waals surface area (Å²) in [6.45, 7) is 0. The van der Waals surface area contributed by atoms with Crippen molar-refractivity contribution in [2.24, 2.45) is 0 Å². The first-order valence-corrected chi connectivity index (χ1v) is 21.5. The Morgan fingerprint density at radius 2 is 0.758 bits per heavy atom. The molecule has 0 aliphatic heterocycles. The summed E-state index contributed by atoms with van der Waals surface area (Å²) in [6, 6.07) is 91.8. The third-order valence-corrected chi connectivity index (χ3v) is 13.1. The van der Waals surface area contributed by atoms with Gasteiger partial charge in [0, 0.05) is 17.1 Å². The molecule has 0 atom stereocenters. The van der Waals surface area contributed by atoms with Crippen molar-refractivity contribution in [1.29, 1.82) is 0 Å². The Morgan fingerprint density at radius 3 is 1.48 bits per heavy atom. The molecule has 0 radical (unpaired) electrons. The van der Waals surface area contributed by atoms with Crippen LogP contribution in [0.5, 0.6) is 0 Å². The van der Waals surface area contributed by atoms with Gasteiger partial charge in [0.05, 0.1) is 5.41 Å². The van der Waals surface area contributed by atoms with E-state index < -0.39 is 5.41 Å². The molecule has 62 heavy (non-hydrogen) atoms. The molecular weight excluding hydrogens is 747 g/mol. The number of nitrogens with zero attached hydrogens (tertiary/aromatic N) is 1. The van der Waals surface area contributed by atoms with Gasteiger partial charge in [-0.2, -0.15) is 0 Å². The van der Waals surface area contributed by atoms with Crippen LogP contribution in [0.2, 0.25) is 0 Å². The van der Waals surface area contributed by atoms with Gasteiger partial charge in [-0.3, -0.25) is 0 Å². The number of hydrogen-bond acceptors (Lipinski definition) is 1. The second kappa shape index (κ2) is 14.6. The van der Waals surface area contributed by atoms with Crippen molar-refractivity contribution in [2.45, 2.75) is 5.41 Å². The number of fused-ring (bicyclic) bond motifs is 7. The maximum Gasteiger partial charge on any atom is 0.0714 e. The van der Waals surface area contributed by atoms with Gasteiger partial charge in [-0.1, -0.05) is 206 Å². The van der Waals surface area contributed by atoms with E-state index in [0.29, 0.717) is 0 Å². The van der Waals surface area contributed by atoms with E-state index >= 15 is 0 Å². The minimum atomic E-state index is -0.521. The molecule has 0 N–H and O–H groups in total. The van der Waals surface area contributed by atoms with Crippen LogP contribution in [0.4, 0.5) is 17.1 Å². The van der Waals surface area contributed by atoms with E-state index in [9.17, 15) is 0 Å². The SMILES string of the molecule is c1ccc(C2(c3ccccc3)c3ccccc3-c3ccc(N(c4cccc(-c5cccc6ccccc56)c4)c4cccc(-c5cc6ccccc6c6ccccc56)c4)cc32)cc1. The maximum atomic E-state index is 2.47. The molecule has 290 valence electrons. The van der Waals surface area contributed by atoms with Crippen molar-refractivity contribution in [3.8, 4) is 33.4 Å². The van der Waals surface area contributed by atoms with Crippen molar-refractivity contribution in [1.82, 2.24) is 0 Å². The van der Waals surface area contributed by atoms with Crippen LogP contribution in [0.3, 0.4) is 0 Å². The summed E-state index contributed by atoms with van der Waals surface area (Å²) >= 11 is 0. The molecule has 0 fully saturated rings. The molecule has 11 aromatic carbocycles. The third-order valence-electron chi connectivity index (χ3n) is 13.1. The summed E-state index contributed by atoms with van der Waals surface area (Å²) in [5.74, 6) is 0. The maximum absolute atomic E-state index is 2.47. The highest BCUT2D eigenvalue weighted by atomic mass is 15.1. The molecule has 0 heterocycles. The lowest BCUT2D eigenvalue weighted by atomic mass is 9.67. The Kier molecular flexibility index (Phi) is 8.47. The molecule has 1 nitrogen and oxygen atoms in total. The molecule has 1 heteroatoms. The molecule has 0 bridgehead atoms. The van der Waals surface area contributed by atoms with Gasteiger partial charge < -0.3 is 4.90 Å². The average molecular weight is 788 g/mol. The molecule has 1 aliphatic carbocycles. The number of benzene rings is 11. The Hall–Kier alpha value is -8.00. The van der Waals surface area contributed by atoms with Gasteiger partial charge >= 0.3 is 0 Å². The summed E-state index contributed by atoms with van der Waals surface area (Å²) in [4.78, 5) is 2.46. The van der Waals surface area contributed by atoms with Crippen LogP contribution < -0.4 is 4.90 Å². The van der Waals surface area contributed by atoms with Crippen molar-refractivity contribution in [3.63, 3.8) is 0 Å². The van der Waals surface area contributed by atoms with Crippen LogP contribution >= 0.6 is 0 Å². The van der Waals surface area contributed by atoms with Crippen LogP contribution in [0.15, 0.2) is 249 Å². The average Bonchev–Trinajstić information content (AvgIpc) is 3.65. The van der Waals surface area contributed by atoms with Crippen molar-refractivity contribution in [3.05, 3.63) is 271 Å². The Labute approximate surface area is 362 Å². The second-order valence-corrected chi connectivity index (χ2v) is 16.4. The third kappa shape index (κ3) is 5.63. The van der Waals surface area contributed by atoms with Crippen molar-refractivity contribution < 1.29 is 0 Å². The monoisotopic (exact) mass is 787 g/mol. The van der Waals surface area contributed by atoms with E-state index in [1.54, 1.807) is 0 Å². The Bertz CT molecular complexity index is 3430. The van der Waals surface area contributed by atoms with E-state index in [1.807, 2.05) is 0 Å². The van der Waals surface area contributed by atoms with E-state index in [-0.39, 0.29) is 0 Å². The summed E-state index contributed by atoms with van der Waals surface area (Å²) in [7, 11) is 0. The summed E-state index contributed by atoms with van der Waals surface area (Å²) in [5.41, 5.74) is 15.2. The fraction of sp³-hybridized carbons (Fsp3) is 0.0164. The molecule has 0 saturated heterocycles. The van der Waals surface area contributed by atoms with E-state index in [1.165, 1.54) is 88.0 Å². The Balaban J connectivity index is 1.11. The quantitative estimate of drug-likeness (QED) is 0.145. The zero-order valence-electron chi connectivity index (χ0n) is 34.1. The van der Waals surface area contributed by atoms with E-state index in [2.05, 4.69) is 254 Å². The molecule has 0 saturated carbocycles. The van der Waals surface area contributed by atoms with Gasteiger partial charge in [0.25, 0.3) is 0 Å². The predicted octanol–water partition coefficient (Wildman–Crippen LogP) is 16.3. The fourth-order valence-electron chi connectivity index (χ4n) is 10.4. The smallest absolute Gasteiger partial charge is 0.0714 e. The van der Waals surface area contributed by atoms with Gasteiger partial charge in [0.2, 0.25) is 0 Å². The molecule has 0 aromatic heterocycles. The summed E-state index contributed by atoms with van der Waals surface area (Å²) in [5, 5.41) is 7.51. The molecule has 1 aliphatic rings. The lowest BCUT2D eigenvalue weighted by molar-refractivity contribution is 0.768. The molecule has 0 amide bonds. The topological polar surface area (TPSA) is 3.24 Å². The van der Waals surface area contributed by atoms with Gasteiger partial charge in [-0.05, 0) is 130 Å². The fourth-order valence-corrected chi connectivity index (χ4v) is 10.4. The first kappa shape index (κ1) is 35.9. The van der Waals surface area contributed by atoms with Gasteiger partial charge in [-0.25, -0.2) is 0 Å². The van der Waals surface area contributed by atoms with Crippen LogP contribution in [0.1, 0.15) is 22.3 Å². The van der Waals surface area contributed by atoms with E-state index in [4.69, 9.17) is 0 Å². The normalized spacial score (nSPS) is 12.6. The largest absolute Gasteiger partial charge is 0.310 e. The number of rotatable bonds is 7. The standard InChI is InChI=1S/C61H41N/c1-3-23-46(24-4-1)61(47-25-5-2-6-26-47)59-35-14-13-33-56(59)57-37-36-50(41-60(57)61)62(48-27-15-21-43(38-48)52-34-17-20-42-18-7-9-29-51(42)52)49-28-16-22-44(39-49)58-40-45-19-8-10-30-53(45)54-31-11-12-32-55(54)58/h1-41H. The zero-order chi connectivity index (χ0) is 41.0. The highest BCUT2D eigenvalue weighted by molar-refractivity contribution is 6.14. The summed E-state index contributed by atoms with van der Waals surface area (Å²) < 4.78 is 0. The van der Waals surface area contributed by atoms with Crippen molar-refractivity contribution in [2.75, 3.05) is 4.90 Å². The zero-order valence-corrected chi connectivity index (χ0v) is 34.1. The minimum absolute atomic E-state index is 0.521. The van der Waals surface area contributed by atoms with Crippen molar-refractivity contribution >= 4 is 49.4 Å². The van der Waals surface area contributed by atoms with Crippen LogP contribution in [-0.4, -0.2) is 0 Å². The van der Waals surface area contributed by atoms with Crippen LogP contribution in [0, 0.1) is 0 Å². The first-order valence-electron chi connectivity index (χ1n) is 21.5. The van der Waals surface area contributed by atoms with Crippen LogP contribution in [-0.2, 0) is 5.41 Å². The van der Waals surface area contributed by atoms with E-state index in [0.717, 1.165) is 17.1 Å². The second-order valence-electron chi connectivity index (χ2n) is 16.4. The van der Waals surface area contributed by atoms with Gasteiger partial charge in [-0.15, -0.1) is 0 Å². The lowest BCUT2D eigenvalue weighted by Gasteiger charge is -2.35. The first-order chi connectivity index (χ1) is 30.8. The lowest BCUT2D eigenvalue weighted by Crippen LogP contribution is -2.28. The van der Waals surface area contributed by atoms with Crippen LogP contribution in [0.25, 0.3) is 65.7 Å². The predicted molar refractivity (Wildman–Crippen MR) is 262 cm³/mol. The highest BCUT2D eigenvalue weighted by Crippen LogP contribution is 2.57. The Morgan fingerprint density at radius 1 is 0.258 bits per heavy atom.